The number of para-hydroxylation sites is 1. The Kier molecular flexibility index (Phi) is 5.28. The molecule has 0 aliphatic heterocycles. The number of benzene rings is 7. The highest BCUT2D eigenvalue weighted by molar-refractivity contribution is 6.24. The summed E-state index contributed by atoms with van der Waals surface area (Å²) < 4.78 is 8.32. The van der Waals surface area contributed by atoms with Crippen LogP contribution >= 0.6 is 0 Å². The summed E-state index contributed by atoms with van der Waals surface area (Å²) >= 11 is 0. The first-order valence-electron chi connectivity index (χ1n) is 15.6. The SMILES string of the molecule is c1ccc(-c2ccc(-c3ccc4c(c3)c3ccccc3c3nc5cc(-c6ccc7oc8ccccc8c7c6)ccn5c43)cc2)cc1. The van der Waals surface area contributed by atoms with E-state index in [9.17, 15) is 0 Å². The van der Waals surface area contributed by atoms with Gasteiger partial charge in [0.05, 0.1) is 11.0 Å². The summed E-state index contributed by atoms with van der Waals surface area (Å²) in [4.78, 5) is 5.25. The third kappa shape index (κ3) is 3.75. The molecule has 0 aliphatic rings. The molecule has 0 N–H and O–H groups in total. The van der Waals surface area contributed by atoms with E-state index in [1.807, 2.05) is 12.1 Å². The summed E-state index contributed by atoms with van der Waals surface area (Å²) in [5, 5.41) is 7.08. The molecule has 46 heavy (non-hydrogen) atoms. The van der Waals surface area contributed by atoms with Crippen molar-refractivity contribution in [1.82, 2.24) is 9.38 Å². The van der Waals surface area contributed by atoms with Gasteiger partial charge < -0.3 is 4.42 Å². The molecule has 0 fully saturated rings. The second-order valence-corrected chi connectivity index (χ2v) is 12.0. The summed E-state index contributed by atoms with van der Waals surface area (Å²) in [6, 6.07) is 54.0. The predicted molar refractivity (Wildman–Crippen MR) is 191 cm³/mol. The van der Waals surface area contributed by atoms with Crippen LogP contribution < -0.4 is 0 Å². The Morgan fingerprint density at radius 1 is 0.391 bits per heavy atom. The van der Waals surface area contributed by atoms with Crippen LogP contribution in [0.25, 0.3) is 93.5 Å². The third-order valence-electron chi connectivity index (χ3n) is 9.41. The van der Waals surface area contributed by atoms with Crippen molar-refractivity contribution in [2.24, 2.45) is 0 Å². The van der Waals surface area contributed by atoms with Gasteiger partial charge in [0.2, 0.25) is 0 Å². The fourth-order valence-electron chi connectivity index (χ4n) is 7.14. The topological polar surface area (TPSA) is 30.4 Å². The van der Waals surface area contributed by atoms with E-state index in [0.29, 0.717) is 0 Å². The minimum atomic E-state index is 0.905. The van der Waals surface area contributed by atoms with Crippen LogP contribution in [-0.2, 0) is 0 Å². The number of rotatable bonds is 3. The van der Waals surface area contributed by atoms with Crippen LogP contribution in [-0.4, -0.2) is 9.38 Å². The highest BCUT2D eigenvalue weighted by Gasteiger charge is 2.16. The molecule has 0 bridgehead atoms. The average Bonchev–Trinajstić information content (AvgIpc) is 3.70. The van der Waals surface area contributed by atoms with Crippen molar-refractivity contribution >= 4 is 60.2 Å². The summed E-state index contributed by atoms with van der Waals surface area (Å²) in [6.07, 6.45) is 2.17. The van der Waals surface area contributed by atoms with Gasteiger partial charge in [0, 0.05) is 27.7 Å². The van der Waals surface area contributed by atoms with Crippen LogP contribution in [0.1, 0.15) is 0 Å². The van der Waals surface area contributed by atoms with Crippen LogP contribution in [0.5, 0.6) is 0 Å². The maximum atomic E-state index is 6.08. The fourth-order valence-corrected chi connectivity index (χ4v) is 7.14. The van der Waals surface area contributed by atoms with E-state index in [1.165, 1.54) is 38.4 Å². The molecule has 0 atom stereocenters. The second-order valence-electron chi connectivity index (χ2n) is 12.0. The van der Waals surface area contributed by atoms with Crippen molar-refractivity contribution in [3.05, 3.63) is 158 Å². The molecule has 0 unspecified atom stereocenters. The molecule has 0 amide bonds. The number of furan rings is 1. The van der Waals surface area contributed by atoms with Gasteiger partial charge in [-0.05, 0) is 80.6 Å². The van der Waals surface area contributed by atoms with Crippen LogP contribution in [0.3, 0.4) is 0 Å². The lowest BCUT2D eigenvalue weighted by atomic mass is 9.95. The molecular formula is C43H26N2O. The van der Waals surface area contributed by atoms with Crippen LogP contribution in [0.15, 0.2) is 162 Å². The molecule has 0 aliphatic carbocycles. The number of pyridine rings is 1. The number of hydrogen-bond donors (Lipinski definition) is 0. The Labute approximate surface area is 264 Å². The van der Waals surface area contributed by atoms with Crippen molar-refractivity contribution < 1.29 is 4.42 Å². The Hall–Kier alpha value is -6.19. The standard InChI is InChI=1S/C43H26N2O/c1-2-8-27(9-3-1)28-14-16-29(17-15-28)30-18-20-36-37(24-30)33-10-4-5-12-35(33)42-43(36)45-23-22-32(26-41(45)44-42)31-19-21-40-38(25-31)34-11-6-7-13-39(34)46-40/h1-26H. The maximum absolute atomic E-state index is 6.08. The second kappa shape index (κ2) is 9.65. The number of hydrogen-bond acceptors (Lipinski definition) is 2. The first-order valence-corrected chi connectivity index (χ1v) is 15.6. The highest BCUT2D eigenvalue weighted by Crippen LogP contribution is 2.39. The minimum Gasteiger partial charge on any atom is -0.456 e. The number of nitrogens with zero attached hydrogens (tertiary/aromatic N) is 2. The largest absolute Gasteiger partial charge is 0.456 e. The zero-order valence-corrected chi connectivity index (χ0v) is 24.8. The van der Waals surface area contributed by atoms with E-state index in [1.54, 1.807) is 0 Å². The normalized spacial score (nSPS) is 11.9. The molecule has 0 radical (unpaired) electrons. The average molecular weight is 587 g/mol. The molecule has 0 saturated carbocycles. The highest BCUT2D eigenvalue weighted by atomic mass is 16.3. The molecule has 3 aromatic heterocycles. The summed E-state index contributed by atoms with van der Waals surface area (Å²) in [7, 11) is 0. The number of fused-ring (bicyclic) bond motifs is 11. The molecule has 3 heterocycles. The zero-order valence-electron chi connectivity index (χ0n) is 24.8. The van der Waals surface area contributed by atoms with E-state index in [-0.39, 0.29) is 0 Å². The van der Waals surface area contributed by atoms with Gasteiger partial charge in [0.15, 0.2) is 0 Å². The van der Waals surface area contributed by atoms with Crippen molar-refractivity contribution in [3.63, 3.8) is 0 Å². The summed E-state index contributed by atoms with van der Waals surface area (Å²) in [5.41, 5.74) is 12.0. The van der Waals surface area contributed by atoms with Crippen LogP contribution in [0.2, 0.25) is 0 Å². The minimum absolute atomic E-state index is 0.905. The van der Waals surface area contributed by atoms with Crippen LogP contribution in [0.4, 0.5) is 0 Å². The number of aromatic nitrogens is 2. The van der Waals surface area contributed by atoms with Gasteiger partial charge in [-0.2, -0.15) is 0 Å². The van der Waals surface area contributed by atoms with E-state index in [2.05, 4.69) is 150 Å². The van der Waals surface area contributed by atoms with Crippen LogP contribution in [0, 0.1) is 0 Å². The van der Waals surface area contributed by atoms with Crippen molar-refractivity contribution in [1.29, 1.82) is 0 Å². The molecule has 10 rings (SSSR count). The van der Waals surface area contributed by atoms with Gasteiger partial charge in [-0.1, -0.05) is 115 Å². The monoisotopic (exact) mass is 586 g/mol. The molecule has 7 aromatic carbocycles. The molecular weight excluding hydrogens is 560 g/mol. The van der Waals surface area contributed by atoms with E-state index >= 15 is 0 Å². The Bertz CT molecular complexity index is 2790. The Morgan fingerprint density at radius 3 is 1.83 bits per heavy atom. The van der Waals surface area contributed by atoms with Gasteiger partial charge in [-0.3, -0.25) is 4.40 Å². The van der Waals surface area contributed by atoms with E-state index < -0.39 is 0 Å². The summed E-state index contributed by atoms with van der Waals surface area (Å²) in [5.74, 6) is 0. The molecule has 0 saturated heterocycles. The lowest BCUT2D eigenvalue weighted by Gasteiger charge is -2.11. The maximum Gasteiger partial charge on any atom is 0.138 e. The van der Waals surface area contributed by atoms with Gasteiger partial charge in [0.1, 0.15) is 16.8 Å². The smallest absolute Gasteiger partial charge is 0.138 e. The lowest BCUT2D eigenvalue weighted by molar-refractivity contribution is 0.669. The van der Waals surface area contributed by atoms with Crippen molar-refractivity contribution in [2.75, 3.05) is 0 Å². The first-order chi connectivity index (χ1) is 22.8. The molecule has 214 valence electrons. The summed E-state index contributed by atoms with van der Waals surface area (Å²) in [6.45, 7) is 0. The quantitative estimate of drug-likeness (QED) is 0.193. The predicted octanol–water partition coefficient (Wildman–Crippen LogP) is 11.7. The molecule has 10 aromatic rings. The van der Waals surface area contributed by atoms with Crippen molar-refractivity contribution in [3.8, 4) is 33.4 Å². The van der Waals surface area contributed by atoms with Gasteiger partial charge >= 0.3 is 0 Å². The fraction of sp³-hybridized carbons (Fsp3) is 0. The van der Waals surface area contributed by atoms with E-state index in [0.717, 1.165) is 55.1 Å². The molecule has 3 nitrogen and oxygen atoms in total. The Morgan fingerprint density at radius 2 is 0.978 bits per heavy atom. The number of imidazole rings is 1. The van der Waals surface area contributed by atoms with E-state index in [4.69, 9.17) is 9.40 Å². The molecule has 3 heteroatoms. The van der Waals surface area contributed by atoms with Gasteiger partial charge in [0.25, 0.3) is 0 Å². The van der Waals surface area contributed by atoms with Crippen molar-refractivity contribution in [2.45, 2.75) is 0 Å². The Balaban J connectivity index is 1.14. The lowest BCUT2D eigenvalue weighted by Crippen LogP contribution is -1.88. The molecule has 0 spiro atoms. The van der Waals surface area contributed by atoms with Gasteiger partial charge in [-0.25, -0.2) is 4.98 Å². The third-order valence-corrected chi connectivity index (χ3v) is 9.41. The zero-order chi connectivity index (χ0) is 30.2. The van der Waals surface area contributed by atoms with Gasteiger partial charge in [-0.15, -0.1) is 0 Å². The first kappa shape index (κ1) is 25.2.